The minimum absolute atomic E-state index is 0.249. The maximum Gasteiger partial charge on any atom is 0.266 e. The van der Waals surface area contributed by atoms with E-state index in [1.807, 2.05) is 0 Å². The van der Waals surface area contributed by atoms with Crippen LogP contribution in [0.2, 0.25) is 0 Å². The molecule has 0 atom stereocenters. The monoisotopic (exact) mass is 218 g/mol. The first-order valence-corrected chi connectivity index (χ1v) is 5.63. The van der Waals surface area contributed by atoms with E-state index >= 15 is 0 Å². The van der Waals surface area contributed by atoms with Gasteiger partial charge in [0.1, 0.15) is 5.78 Å². The Bertz CT molecular complexity index is 196. The van der Waals surface area contributed by atoms with Crippen molar-refractivity contribution in [3.05, 3.63) is 12.2 Å². The number of hydrogen-bond acceptors (Lipinski definition) is 1. The average Bonchev–Trinajstić information content (AvgIpc) is 2.14. The highest BCUT2D eigenvalue weighted by molar-refractivity contribution is 5.75. The van der Waals surface area contributed by atoms with Crippen molar-refractivity contribution in [1.29, 1.82) is 0 Å². The first kappa shape index (κ1) is 14.3. The molecule has 1 nitrogen and oxygen atoms in total. The largest absolute Gasteiger partial charge is 0.300 e. The molecular formula is C12H20F2O. The lowest BCUT2D eigenvalue weighted by atomic mass is 10.1. The zero-order chi connectivity index (χ0) is 11.5. The Labute approximate surface area is 90.6 Å². The van der Waals surface area contributed by atoms with Gasteiger partial charge in [0, 0.05) is 6.42 Å². The van der Waals surface area contributed by atoms with Crippen LogP contribution >= 0.6 is 0 Å². The molecule has 0 aromatic rings. The number of halogens is 2. The molecular weight excluding hydrogens is 198 g/mol. The van der Waals surface area contributed by atoms with Gasteiger partial charge in [0.2, 0.25) is 0 Å². The van der Waals surface area contributed by atoms with Crippen LogP contribution in [0.15, 0.2) is 12.2 Å². The van der Waals surface area contributed by atoms with E-state index in [9.17, 15) is 13.6 Å². The van der Waals surface area contributed by atoms with E-state index < -0.39 is 6.08 Å². The van der Waals surface area contributed by atoms with E-state index in [2.05, 4.69) is 0 Å². The van der Waals surface area contributed by atoms with Gasteiger partial charge in [0.25, 0.3) is 6.08 Å². The normalized spacial score (nSPS) is 10.1. The van der Waals surface area contributed by atoms with Gasteiger partial charge in [-0.05, 0) is 32.3 Å². The van der Waals surface area contributed by atoms with Crippen molar-refractivity contribution < 1.29 is 13.6 Å². The van der Waals surface area contributed by atoms with Crippen molar-refractivity contribution >= 4 is 5.78 Å². The van der Waals surface area contributed by atoms with Crippen LogP contribution < -0.4 is 0 Å². The van der Waals surface area contributed by atoms with Gasteiger partial charge in [-0.3, -0.25) is 0 Å². The molecule has 0 rings (SSSR count). The minimum Gasteiger partial charge on any atom is -0.300 e. The molecule has 0 N–H and O–H groups in total. The predicted molar refractivity (Wildman–Crippen MR) is 57.9 cm³/mol. The highest BCUT2D eigenvalue weighted by Gasteiger charge is 1.94. The summed E-state index contributed by atoms with van der Waals surface area (Å²) in [6.45, 7) is 1.61. The van der Waals surface area contributed by atoms with E-state index in [0.29, 0.717) is 12.8 Å². The predicted octanol–water partition coefficient (Wildman–Crippen LogP) is 4.48. The lowest BCUT2D eigenvalue weighted by Crippen LogP contribution is -1.89. The van der Waals surface area contributed by atoms with Crippen LogP contribution in [0.3, 0.4) is 0 Å². The van der Waals surface area contributed by atoms with Gasteiger partial charge in [0.15, 0.2) is 0 Å². The molecule has 3 heteroatoms. The number of carbonyl (C=O) groups excluding carboxylic acids is 1. The van der Waals surface area contributed by atoms with E-state index in [1.54, 1.807) is 6.92 Å². The summed E-state index contributed by atoms with van der Waals surface area (Å²) >= 11 is 0. The third-order valence-corrected chi connectivity index (χ3v) is 2.28. The fourth-order valence-electron chi connectivity index (χ4n) is 1.44. The number of Topliss-reactive ketones (excluding diaryl/α,β-unsaturated/α-hetero) is 1. The molecule has 0 heterocycles. The molecule has 15 heavy (non-hydrogen) atoms. The van der Waals surface area contributed by atoms with E-state index in [1.165, 1.54) is 0 Å². The van der Waals surface area contributed by atoms with Crippen molar-refractivity contribution in [2.24, 2.45) is 0 Å². The van der Waals surface area contributed by atoms with Crippen molar-refractivity contribution in [3.63, 3.8) is 0 Å². The summed E-state index contributed by atoms with van der Waals surface area (Å²) in [4.78, 5) is 10.6. The quantitative estimate of drug-likeness (QED) is 0.521. The standard InChI is InChI=1S/C12H20F2O/c1-11(15)9-7-5-3-2-4-6-8-10-12(13)14/h10H,2-9H2,1H3. The van der Waals surface area contributed by atoms with Crippen LogP contribution in [0.25, 0.3) is 0 Å². The Hall–Kier alpha value is -0.730. The van der Waals surface area contributed by atoms with Gasteiger partial charge in [0.05, 0.1) is 0 Å². The fraction of sp³-hybridized carbons (Fsp3) is 0.750. The molecule has 0 amide bonds. The van der Waals surface area contributed by atoms with Crippen LogP contribution in [0.5, 0.6) is 0 Å². The highest BCUT2D eigenvalue weighted by atomic mass is 19.3. The summed E-state index contributed by atoms with van der Waals surface area (Å²) in [6, 6.07) is 0. The summed E-state index contributed by atoms with van der Waals surface area (Å²) < 4.78 is 23.2. The molecule has 0 aromatic heterocycles. The van der Waals surface area contributed by atoms with E-state index in [0.717, 1.165) is 44.6 Å². The maximum atomic E-state index is 11.6. The first-order valence-electron chi connectivity index (χ1n) is 5.63. The average molecular weight is 218 g/mol. The molecule has 0 saturated heterocycles. The Morgan fingerprint density at radius 3 is 2.07 bits per heavy atom. The number of ketones is 1. The van der Waals surface area contributed by atoms with Gasteiger partial charge in [-0.25, -0.2) is 0 Å². The van der Waals surface area contributed by atoms with Crippen LogP contribution in [0.1, 0.15) is 58.3 Å². The van der Waals surface area contributed by atoms with E-state index in [-0.39, 0.29) is 5.78 Å². The van der Waals surface area contributed by atoms with Crippen molar-refractivity contribution in [1.82, 2.24) is 0 Å². The smallest absolute Gasteiger partial charge is 0.266 e. The Kier molecular flexibility index (Phi) is 9.33. The maximum absolute atomic E-state index is 11.6. The zero-order valence-corrected chi connectivity index (χ0v) is 9.40. The Morgan fingerprint density at radius 1 is 1.00 bits per heavy atom. The molecule has 0 aliphatic carbocycles. The summed E-state index contributed by atoms with van der Waals surface area (Å²) in [5.41, 5.74) is 0. The zero-order valence-electron chi connectivity index (χ0n) is 9.40. The number of unbranched alkanes of at least 4 members (excludes halogenated alkanes) is 6. The summed E-state index contributed by atoms with van der Waals surface area (Å²) in [7, 11) is 0. The number of carbonyl (C=O) groups is 1. The van der Waals surface area contributed by atoms with Crippen molar-refractivity contribution in [2.75, 3.05) is 0 Å². The van der Waals surface area contributed by atoms with Gasteiger partial charge < -0.3 is 4.79 Å². The first-order chi connectivity index (χ1) is 7.13. The van der Waals surface area contributed by atoms with Crippen molar-refractivity contribution in [3.8, 4) is 0 Å². The molecule has 0 aliphatic heterocycles. The summed E-state index contributed by atoms with van der Waals surface area (Å²) in [5.74, 6) is 0.249. The second-order valence-electron chi connectivity index (χ2n) is 3.86. The third-order valence-electron chi connectivity index (χ3n) is 2.28. The Morgan fingerprint density at radius 2 is 1.53 bits per heavy atom. The third kappa shape index (κ3) is 13.3. The summed E-state index contributed by atoms with van der Waals surface area (Å²) in [6.07, 6.45) is 6.64. The second-order valence-corrected chi connectivity index (χ2v) is 3.86. The molecule has 88 valence electrons. The van der Waals surface area contributed by atoms with E-state index in [4.69, 9.17) is 0 Å². The number of rotatable bonds is 9. The number of hydrogen-bond donors (Lipinski definition) is 0. The molecule has 0 aromatic carbocycles. The molecule has 0 fully saturated rings. The van der Waals surface area contributed by atoms with Gasteiger partial charge in [-0.15, -0.1) is 0 Å². The van der Waals surface area contributed by atoms with Gasteiger partial charge in [-0.1, -0.05) is 25.7 Å². The molecule has 0 spiro atoms. The molecule has 0 unspecified atom stereocenters. The molecule has 0 radical (unpaired) electrons. The Balaban J connectivity index is 3.05. The molecule has 0 aliphatic rings. The number of allylic oxidation sites excluding steroid dienone is 1. The van der Waals surface area contributed by atoms with Crippen molar-refractivity contribution in [2.45, 2.75) is 58.3 Å². The molecule has 0 saturated carbocycles. The van der Waals surface area contributed by atoms with Gasteiger partial charge >= 0.3 is 0 Å². The van der Waals surface area contributed by atoms with Crippen LogP contribution in [0, 0.1) is 0 Å². The highest BCUT2D eigenvalue weighted by Crippen LogP contribution is 2.10. The second kappa shape index (κ2) is 9.81. The SMILES string of the molecule is CC(=O)CCCCCCCCC=C(F)F. The summed E-state index contributed by atoms with van der Waals surface area (Å²) in [5, 5.41) is 0. The van der Waals surface area contributed by atoms with Crippen LogP contribution in [-0.2, 0) is 4.79 Å². The minimum atomic E-state index is -1.57. The van der Waals surface area contributed by atoms with Crippen LogP contribution in [-0.4, -0.2) is 5.78 Å². The lowest BCUT2D eigenvalue weighted by molar-refractivity contribution is -0.117. The lowest BCUT2D eigenvalue weighted by Gasteiger charge is -1.99. The topological polar surface area (TPSA) is 17.1 Å². The molecule has 0 bridgehead atoms. The van der Waals surface area contributed by atoms with Crippen LogP contribution in [0.4, 0.5) is 8.78 Å². The van der Waals surface area contributed by atoms with Gasteiger partial charge in [-0.2, -0.15) is 8.78 Å². The fourth-order valence-corrected chi connectivity index (χ4v) is 1.44.